The van der Waals surface area contributed by atoms with Crippen molar-refractivity contribution in [3.05, 3.63) is 29.0 Å². The van der Waals surface area contributed by atoms with Crippen LogP contribution in [-0.4, -0.2) is 28.7 Å². The van der Waals surface area contributed by atoms with Crippen molar-refractivity contribution in [1.82, 2.24) is 9.55 Å². The Balaban J connectivity index is 2.29. The molecule has 7 heteroatoms. The van der Waals surface area contributed by atoms with Gasteiger partial charge < -0.3 is 15.0 Å². The number of primary amides is 1. The number of aromatic nitrogens is 2. The Morgan fingerprint density at radius 3 is 2.95 bits per heavy atom. The number of hydrogen-bond acceptors (Lipinski definition) is 3. The van der Waals surface area contributed by atoms with E-state index in [9.17, 15) is 4.79 Å². The van der Waals surface area contributed by atoms with E-state index in [-0.39, 0.29) is 12.0 Å². The first-order valence-electron chi connectivity index (χ1n) is 6.15. The second kappa shape index (κ2) is 6.43. The van der Waals surface area contributed by atoms with Gasteiger partial charge in [0.05, 0.1) is 28.0 Å². The summed E-state index contributed by atoms with van der Waals surface area (Å²) in [5.74, 6) is 0.224. The maximum absolute atomic E-state index is 10.6. The van der Waals surface area contributed by atoms with Gasteiger partial charge in [0.25, 0.3) is 0 Å². The number of rotatable bonds is 6. The predicted octanol–water partition coefficient (Wildman–Crippen LogP) is 2.49. The molecular weight excluding hydrogens is 301 g/mol. The van der Waals surface area contributed by atoms with Crippen molar-refractivity contribution in [2.24, 2.45) is 5.73 Å². The molecule has 5 nitrogen and oxygen atoms in total. The molecule has 2 aromatic rings. The van der Waals surface area contributed by atoms with E-state index in [1.54, 1.807) is 6.07 Å². The Labute approximate surface area is 126 Å². The highest BCUT2D eigenvalue weighted by molar-refractivity contribution is 6.35. The maximum atomic E-state index is 10.6. The highest BCUT2D eigenvalue weighted by Crippen LogP contribution is 2.29. The van der Waals surface area contributed by atoms with Crippen molar-refractivity contribution in [2.75, 3.05) is 13.2 Å². The minimum Gasteiger partial charge on any atom is -0.370 e. The lowest BCUT2D eigenvalue weighted by atomic mass is 10.3. The number of carbonyl (C=O) groups is 1. The number of carbonyl (C=O) groups excluding carboxylic acids is 1. The van der Waals surface area contributed by atoms with Gasteiger partial charge in [-0.3, -0.25) is 4.79 Å². The van der Waals surface area contributed by atoms with Crippen molar-refractivity contribution in [1.29, 1.82) is 0 Å². The average Bonchev–Trinajstić information content (AvgIpc) is 2.75. The number of benzene rings is 1. The smallest absolute Gasteiger partial charge is 0.243 e. The van der Waals surface area contributed by atoms with Gasteiger partial charge >= 0.3 is 0 Å². The van der Waals surface area contributed by atoms with Crippen LogP contribution in [-0.2, 0) is 16.1 Å². The van der Waals surface area contributed by atoms with Crippen LogP contribution in [0.1, 0.15) is 18.1 Å². The van der Waals surface area contributed by atoms with Gasteiger partial charge in [-0.2, -0.15) is 0 Å². The van der Waals surface area contributed by atoms with E-state index in [1.165, 1.54) is 0 Å². The first-order valence-corrected chi connectivity index (χ1v) is 6.97. The van der Waals surface area contributed by atoms with E-state index < -0.39 is 5.91 Å². The fourth-order valence-corrected chi connectivity index (χ4v) is 2.46. The number of halogens is 2. The third-order valence-electron chi connectivity index (χ3n) is 2.81. The summed E-state index contributed by atoms with van der Waals surface area (Å²) in [5, 5.41) is 0.350. The fraction of sp³-hybridized carbons (Fsp3) is 0.385. The second-order valence-corrected chi connectivity index (χ2v) is 5.43. The molecule has 0 fully saturated rings. The lowest BCUT2D eigenvalue weighted by Gasteiger charge is -2.11. The van der Waals surface area contributed by atoms with E-state index >= 15 is 0 Å². The van der Waals surface area contributed by atoms with Crippen molar-refractivity contribution < 1.29 is 9.53 Å². The molecule has 2 rings (SSSR count). The highest BCUT2D eigenvalue weighted by Gasteiger charge is 2.16. The quantitative estimate of drug-likeness (QED) is 0.657. The molecule has 0 saturated heterocycles. The molecule has 1 heterocycles. The SMILES string of the molecule is CC(Cl)c1nc2cccc(Cl)c2n1CCOCC(N)=O. The molecule has 0 aliphatic carbocycles. The highest BCUT2D eigenvalue weighted by atomic mass is 35.5. The standard InChI is InChI=1S/C13H15Cl2N3O2/c1-8(14)13-17-10-4-2-3-9(15)12(10)18(13)5-6-20-7-11(16)19/h2-4,8H,5-7H2,1H3,(H2,16,19). The molecule has 0 bridgehead atoms. The number of amides is 1. The molecule has 0 aliphatic heterocycles. The molecule has 0 radical (unpaired) electrons. The third-order valence-corrected chi connectivity index (χ3v) is 3.31. The lowest BCUT2D eigenvalue weighted by Crippen LogP contribution is -2.20. The first kappa shape index (κ1) is 15.1. The molecule has 0 aliphatic rings. The van der Waals surface area contributed by atoms with Gasteiger partial charge in [0.15, 0.2) is 0 Å². The zero-order valence-corrected chi connectivity index (χ0v) is 12.5. The van der Waals surface area contributed by atoms with Crippen molar-refractivity contribution in [3.8, 4) is 0 Å². The van der Waals surface area contributed by atoms with Gasteiger partial charge in [-0.05, 0) is 19.1 Å². The minimum atomic E-state index is -0.496. The lowest BCUT2D eigenvalue weighted by molar-refractivity contribution is -0.122. The Bertz CT molecular complexity index is 625. The predicted molar refractivity (Wildman–Crippen MR) is 79.0 cm³/mol. The second-order valence-electron chi connectivity index (χ2n) is 4.36. The molecule has 1 atom stereocenters. The molecule has 1 aromatic heterocycles. The number of imidazole rings is 1. The number of fused-ring (bicyclic) bond motifs is 1. The number of ether oxygens (including phenoxy) is 1. The molecule has 0 saturated carbocycles. The van der Waals surface area contributed by atoms with Crippen LogP contribution < -0.4 is 5.73 Å². The molecule has 1 amide bonds. The van der Waals surface area contributed by atoms with Crippen LogP contribution in [0.2, 0.25) is 5.02 Å². The zero-order chi connectivity index (χ0) is 14.7. The molecule has 20 heavy (non-hydrogen) atoms. The van der Waals surface area contributed by atoms with Crippen LogP contribution in [0.3, 0.4) is 0 Å². The number of alkyl halides is 1. The maximum Gasteiger partial charge on any atom is 0.243 e. The summed E-state index contributed by atoms with van der Waals surface area (Å²) >= 11 is 12.4. The van der Waals surface area contributed by atoms with E-state index in [4.69, 9.17) is 33.7 Å². The molecule has 1 aromatic carbocycles. The summed E-state index contributed by atoms with van der Waals surface area (Å²) in [6.07, 6.45) is 0. The van der Waals surface area contributed by atoms with Crippen molar-refractivity contribution >= 4 is 40.1 Å². The van der Waals surface area contributed by atoms with Gasteiger partial charge in [-0.25, -0.2) is 4.98 Å². The Morgan fingerprint density at radius 2 is 2.30 bits per heavy atom. The number of nitrogens with two attached hydrogens (primary N) is 1. The number of para-hydroxylation sites is 1. The summed E-state index contributed by atoms with van der Waals surface area (Å²) in [7, 11) is 0. The van der Waals surface area contributed by atoms with Crippen molar-refractivity contribution in [3.63, 3.8) is 0 Å². The van der Waals surface area contributed by atoms with E-state index in [0.717, 1.165) is 16.9 Å². The topological polar surface area (TPSA) is 70.1 Å². The van der Waals surface area contributed by atoms with Crippen LogP contribution in [0.15, 0.2) is 18.2 Å². The van der Waals surface area contributed by atoms with Crippen molar-refractivity contribution in [2.45, 2.75) is 18.8 Å². The number of hydrogen-bond donors (Lipinski definition) is 1. The van der Waals surface area contributed by atoms with Crippen LogP contribution in [0.4, 0.5) is 0 Å². The Hall–Kier alpha value is -1.30. The molecular formula is C13H15Cl2N3O2. The van der Waals surface area contributed by atoms with Crippen LogP contribution in [0.5, 0.6) is 0 Å². The van der Waals surface area contributed by atoms with Gasteiger partial charge in [-0.1, -0.05) is 17.7 Å². The van der Waals surface area contributed by atoms with Gasteiger partial charge in [-0.15, -0.1) is 11.6 Å². The van der Waals surface area contributed by atoms with Gasteiger partial charge in [0.2, 0.25) is 5.91 Å². The Morgan fingerprint density at radius 1 is 1.55 bits per heavy atom. The normalized spacial score (nSPS) is 12.8. The molecule has 1 unspecified atom stereocenters. The van der Waals surface area contributed by atoms with Crippen LogP contribution in [0, 0.1) is 0 Å². The molecule has 0 spiro atoms. The first-order chi connectivity index (χ1) is 9.50. The van der Waals surface area contributed by atoms with E-state index in [0.29, 0.717) is 18.2 Å². The molecule has 2 N–H and O–H groups in total. The van der Waals surface area contributed by atoms with Crippen LogP contribution in [0.25, 0.3) is 11.0 Å². The largest absolute Gasteiger partial charge is 0.370 e. The summed E-state index contributed by atoms with van der Waals surface area (Å²) in [6.45, 7) is 2.57. The summed E-state index contributed by atoms with van der Waals surface area (Å²) in [6, 6.07) is 5.52. The van der Waals surface area contributed by atoms with E-state index in [1.807, 2.05) is 23.6 Å². The summed E-state index contributed by atoms with van der Waals surface area (Å²) < 4.78 is 7.10. The zero-order valence-electron chi connectivity index (χ0n) is 11.0. The minimum absolute atomic E-state index is 0.105. The summed E-state index contributed by atoms with van der Waals surface area (Å²) in [5.41, 5.74) is 6.63. The summed E-state index contributed by atoms with van der Waals surface area (Å²) in [4.78, 5) is 15.1. The fourth-order valence-electron chi connectivity index (χ4n) is 2.02. The average molecular weight is 316 g/mol. The van der Waals surface area contributed by atoms with Gasteiger partial charge in [0, 0.05) is 6.54 Å². The monoisotopic (exact) mass is 315 g/mol. The van der Waals surface area contributed by atoms with Gasteiger partial charge in [0.1, 0.15) is 12.4 Å². The van der Waals surface area contributed by atoms with Crippen LogP contribution >= 0.6 is 23.2 Å². The number of nitrogens with zero attached hydrogens (tertiary/aromatic N) is 2. The van der Waals surface area contributed by atoms with E-state index in [2.05, 4.69) is 4.98 Å². The third kappa shape index (κ3) is 3.23. The Kier molecular flexibility index (Phi) is 4.86. The molecule has 108 valence electrons.